The summed E-state index contributed by atoms with van der Waals surface area (Å²) in [7, 11) is 3.30. The first kappa shape index (κ1) is 44.5. The normalized spacial score (nSPS) is 17.7. The highest BCUT2D eigenvalue weighted by Gasteiger charge is 2.33. The van der Waals surface area contributed by atoms with Crippen LogP contribution in [0.3, 0.4) is 0 Å². The lowest BCUT2D eigenvalue weighted by Crippen LogP contribution is -2.38. The predicted molar refractivity (Wildman–Crippen MR) is 216 cm³/mol. The second-order valence-electron chi connectivity index (χ2n) is 14.3. The minimum Gasteiger partial charge on any atom is -0.497 e. The van der Waals surface area contributed by atoms with Crippen LogP contribution in [0.4, 0.5) is 4.79 Å². The Morgan fingerprint density at radius 3 is 1.83 bits per heavy atom. The van der Waals surface area contributed by atoms with E-state index in [1.165, 1.54) is 82.6 Å². The fourth-order valence-electron chi connectivity index (χ4n) is 6.82. The van der Waals surface area contributed by atoms with Crippen molar-refractivity contribution >= 4 is 28.7 Å². The highest BCUT2D eigenvalue weighted by molar-refractivity contribution is 14.1. The minimum absolute atomic E-state index is 0.0289. The second kappa shape index (κ2) is 28.5. The van der Waals surface area contributed by atoms with Gasteiger partial charge in [0.1, 0.15) is 24.8 Å². The van der Waals surface area contributed by atoms with E-state index >= 15 is 0 Å². The Hall–Kier alpha value is -1.92. The van der Waals surface area contributed by atoms with Gasteiger partial charge < -0.3 is 33.2 Å². The predicted octanol–water partition coefficient (Wildman–Crippen LogP) is 11.5. The van der Waals surface area contributed by atoms with Crippen molar-refractivity contribution in [1.82, 2.24) is 0 Å². The molecule has 0 bridgehead atoms. The minimum atomic E-state index is -0.608. The molecule has 3 rings (SSSR count). The molecule has 1 heterocycles. The van der Waals surface area contributed by atoms with Crippen molar-refractivity contribution in [2.75, 3.05) is 25.4 Å². The summed E-state index contributed by atoms with van der Waals surface area (Å²) in [4.78, 5) is 12.2. The zero-order valence-electron chi connectivity index (χ0n) is 32.3. The number of benzene rings is 2. The summed E-state index contributed by atoms with van der Waals surface area (Å²) in [5, 5.41) is 0. The average Bonchev–Trinajstić information content (AvgIpc) is 3.16. The number of ether oxygens (including phenoxy) is 7. The Morgan fingerprint density at radius 1 is 0.673 bits per heavy atom. The maximum absolute atomic E-state index is 12.2. The van der Waals surface area contributed by atoms with E-state index in [2.05, 4.69) is 53.8 Å². The van der Waals surface area contributed by atoms with Crippen LogP contribution in [-0.2, 0) is 41.6 Å². The molecule has 8 nitrogen and oxygen atoms in total. The fraction of sp³-hybridized carbons (Fsp3) is 0.698. The molecule has 0 N–H and O–H groups in total. The smallest absolute Gasteiger partial charge is 0.497 e. The molecule has 0 aliphatic carbocycles. The van der Waals surface area contributed by atoms with E-state index in [4.69, 9.17) is 33.2 Å². The number of alkyl halides is 1. The lowest BCUT2D eigenvalue weighted by atomic mass is 9.96. The molecule has 2 aromatic carbocycles. The molecule has 1 saturated heterocycles. The number of carbonyl (C=O) groups excluding carboxylic acids is 1. The number of methoxy groups -OCH3 is 2. The van der Waals surface area contributed by atoms with Gasteiger partial charge in [-0.2, -0.15) is 0 Å². The van der Waals surface area contributed by atoms with Crippen molar-refractivity contribution in [2.45, 2.75) is 166 Å². The van der Waals surface area contributed by atoms with Gasteiger partial charge in [0.15, 0.2) is 0 Å². The third-order valence-corrected chi connectivity index (χ3v) is 10.8. The van der Waals surface area contributed by atoms with Crippen molar-refractivity contribution in [2.24, 2.45) is 0 Å². The van der Waals surface area contributed by atoms with Gasteiger partial charge in [0.05, 0.1) is 38.6 Å². The number of hydrogen-bond donors (Lipinski definition) is 0. The molecule has 1 aliphatic rings. The molecule has 0 spiro atoms. The van der Waals surface area contributed by atoms with Crippen molar-refractivity contribution in [3.8, 4) is 5.75 Å². The number of cyclic esters (lactones) is 2. The summed E-state index contributed by atoms with van der Waals surface area (Å²) in [6, 6.07) is 18.4. The Kier molecular flexibility index (Phi) is 24.4. The number of unbranched alkanes of at least 4 members (excludes halogenated alkanes) is 12. The average molecular weight is 839 g/mol. The highest BCUT2D eigenvalue weighted by Crippen LogP contribution is 2.27. The van der Waals surface area contributed by atoms with Gasteiger partial charge in [0.25, 0.3) is 0 Å². The van der Waals surface area contributed by atoms with E-state index in [0.29, 0.717) is 32.5 Å². The summed E-state index contributed by atoms with van der Waals surface area (Å²) in [5.41, 5.74) is 2.24. The zero-order valence-corrected chi connectivity index (χ0v) is 34.4. The van der Waals surface area contributed by atoms with Gasteiger partial charge in [-0.1, -0.05) is 155 Å². The van der Waals surface area contributed by atoms with Crippen LogP contribution in [0, 0.1) is 0 Å². The van der Waals surface area contributed by atoms with Crippen molar-refractivity contribution < 1.29 is 38.0 Å². The van der Waals surface area contributed by atoms with Gasteiger partial charge in [-0.25, -0.2) is 4.79 Å². The standard InChI is InChI=1S/C43H67IO8/c1-4-5-6-7-8-9-10-11-12-13-14-15-19-22-38(48-32-35-20-17-16-18-21-35)27-39(49-33-36-23-25-37(47-3)26-24-36)28-40(50-34-46-2)29-41-30-42(31-44)52-43(45)51-41/h16-18,20-21,23-26,38-42H,4-15,19,22,27-34H2,1-3H3/t38-,39+,40+,41+,42+/m1/s1. The molecule has 0 radical (unpaired) electrons. The summed E-state index contributed by atoms with van der Waals surface area (Å²) in [6.45, 7) is 3.45. The Bertz CT molecular complexity index is 1150. The molecule has 1 aliphatic heterocycles. The molecule has 294 valence electrons. The SMILES string of the molecule is CCCCCCCCCCCCCCC[C@H](C[C@@H](C[C@@H](C[C@H]1C[C@@H](CI)OC(=O)O1)OCOC)OCc1ccc(OC)cc1)OCc1ccccc1. The van der Waals surface area contributed by atoms with Crippen LogP contribution in [0.15, 0.2) is 54.6 Å². The first-order valence-electron chi connectivity index (χ1n) is 20.0. The van der Waals surface area contributed by atoms with Crippen LogP contribution in [0.5, 0.6) is 5.75 Å². The first-order valence-corrected chi connectivity index (χ1v) is 21.5. The van der Waals surface area contributed by atoms with Gasteiger partial charge in [-0.3, -0.25) is 0 Å². The van der Waals surface area contributed by atoms with Crippen LogP contribution in [0.2, 0.25) is 0 Å². The van der Waals surface area contributed by atoms with Crippen molar-refractivity contribution in [3.05, 3.63) is 65.7 Å². The van der Waals surface area contributed by atoms with E-state index in [1.54, 1.807) is 14.2 Å². The number of hydrogen-bond acceptors (Lipinski definition) is 8. The molecule has 5 atom stereocenters. The van der Waals surface area contributed by atoms with E-state index in [1.807, 2.05) is 30.3 Å². The van der Waals surface area contributed by atoms with Crippen molar-refractivity contribution in [3.63, 3.8) is 0 Å². The monoisotopic (exact) mass is 838 g/mol. The lowest BCUT2D eigenvalue weighted by Gasteiger charge is -2.32. The Labute approximate surface area is 328 Å². The van der Waals surface area contributed by atoms with E-state index in [9.17, 15) is 4.79 Å². The van der Waals surface area contributed by atoms with Gasteiger partial charge in [-0.15, -0.1) is 0 Å². The third-order valence-electron chi connectivity index (χ3n) is 9.83. The summed E-state index contributed by atoms with van der Waals surface area (Å²) in [6.07, 6.45) is 19.4. The quantitative estimate of drug-likeness (QED) is 0.0244. The molecule has 0 unspecified atom stereocenters. The molecular weight excluding hydrogens is 771 g/mol. The topological polar surface area (TPSA) is 81.7 Å². The number of halogens is 1. The van der Waals surface area contributed by atoms with Crippen LogP contribution in [0.25, 0.3) is 0 Å². The molecular formula is C43H67IO8. The Morgan fingerprint density at radius 2 is 1.23 bits per heavy atom. The first-order chi connectivity index (χ1) is 25.5. The summed E-state index contributed by atoms with van der Waals surface area (Å²) >= 11 is 2.25. The number of rotatable bonds is 31. The van der Waals surface area contributed by atoms with E-state index in [-0.39, 0.29) is 37.3 Å². The van der Waals surface area contributed by atoms with Gasteiger partial charge in [0.2, 0.25) is 0 Å². The molecule has 1 fully saturated rings. The third kappa shape index (κ3) is 20.0. The molecule has 9 heteroatoms. The zero-order chi connectivity index (χ0) is 37.1. The number of carbonyl (C=O) groups is 1. The van der Waals surface area contributed by atoms with Crippen LogP contribution >= 0.6 is 22.6 Å². The highest BCUT2D eigenvalue weighted by atomic mass is 127. The second-order valence-corrected chi connectivity index (χ2v) is 15.1. The molecule has 0 saturated carbocycles. The van der Waals surface area contributed by atoms with Crippen molar-refractivity contribution in [1.29, 1.82) is 0 Å². The maximum Gasteiger partial charge on any atom is 0.508 e. The van der Waals surface area contributed by atoms with E-state index in [0.717, 1.165) is 35.0 Å². The van der Waals surface area contributed by atoms with Crippen LogP contribution < -0.4 is 4.74 Å². The van der Waals surface area contributed by atoms with Crippen LogP contribution in [-0.4, -0.2) is 62.1 Å². The van der Waals surface area contributed by atoms with E-state index < -0.39 is 6.16 Å². The Balaban J connectivity index is 1.61. The largest absolute Gasteiger partial charge is 0.508 e. The summed E-state index contributed by atoms with van der Waals surface area (Å²) < 4.78 is 41.9. The van der Waals surface area contributed by atoms with Gasteiger partial charge >= 0.3 is 6.16 Å². The molecule has 52 heavy (non-hydrogen) atoms. The molecule has 0 aromatic heterocycles. The summed E-state index contributed by atoms with van der Waals surface area (Å²) in [5.74, 6) is 0.816. The van der Waals surface area contributed by atoms with Gasteiger partial charge in [-0.05, 0) is 36.1 Å². The molecule has 2 aromatic rings. The molecule has 0 amide bonds. The maximum atomic E-state index is 12.2. The lowest BCUT2D eigenvalue weighted by molar-refractivity contribution is -0.122. The van der Waals surface area contributed by atoms with Gasteiger partial charge in [0, 0.05) is 30.8 Å². The van der Waals surface area contributed by atoms with Crippen LogP contribution in [0.1, 0.15) is 134 Å². The fourth-order valence-corrected chi connectivity index (χ4v) is 7.36.